The Labute approximate surface area is 212 Å². The lowest BCUT2D eigenvalue weighted by Crippen LogP contribution is -2.52. The molecule has 1 aliphatic rings. The Morgan fingerprint density at radius 1 is 1.00 bits per heavy atom. The monoisotopic (exact) mass is 535 g/mol. The highest BCUT2D eigenvalue weighted by molar-refractivity contribution is 7.92. The molecule has 4 rings (SSSR count). The smallest absolute Gasteiger partial charge is 0.416 e. The summed E-state index contributed by atoms with van der Waals surface area (Å²) in [6, 6.07) is 12.0. The van der Waals surface area contributed by atoms with E-state index < -0.39 is 27.9 Å². The van der Waals surface area contributed by atoms with E-state index in [-0.39, 0.29) is 22.4 Å². The van der Waals surface area contributed by atoms with Crippen molar-refractivity contribution in [3.8, 4) is 5.75 Å². The molecule has 13 heteroatoms. The minimum atomic E-state index is -4.44. The molecule has 1 saturated heterocycles. The molecule has 196 valence electrons. The maximum atomic E-state index is 12.8. The molecule has 0 aliphatic carbocycles. The van der Waals surface area contributed by atoms with Crippen LogP contribution in [0.3, 0.4) is 0 Å². The standard InChI is InChI=1S/C24H24F3N5O4S/c1-17(36-20-6-2-18(3-7-20)24(25,26)27)23(33)32-14-12-31(13-15-32)19-4-8-21(9-5-19)37(34,35)30-22-10-11-28-16-29-22/h2-11,16-17H,12-15H2,1H3,(H,28,29,30). The van der Waals surface area contributed by atoms with E-state index in [1.807, 2.05) is 4.90 Å². The van der Waals surface area contributed by atoms with Crippen LogP contribution in [0, 0.1) is 0 Å². The van der Waals surface area contributed by atoms with E-state index >= 15 is 0 Å². The lowest BCUT2D eigenvalue weighted by Gasteiger charge is -2.37. The summed E-state index contributed by atoms with van der Waals surface area (Å²) in [6.45, 7) is 3.42. The lowest BCUT2D eigenvalue weighted by atomic mass is 10.2. The van der Waals surface area contributed by atoms with Gasteiger partial charge in [0, 0.05) is 38.1 Å². The van der Waals surface area contributed by atoms with E-state index in [1.165, 1.54) is 42.9 Å². The minimum absolute atomic E-state index is 0.0814. The normalized spacial score (nSPS) is 15.2. The molecular formula is C24H24F3N5O4S. The van der Waals surface area contributed by atoms with E-state index in [2.05, 4.69) is 14.7 Å². The van der Waals surface area contributed by atoms with Crippen LogP contribution in [0.1, 0.15) is 12.5 Å². The van der Waals surface area contributed by atoms with Crippen LogP contribution in [0.2, 0.25) is 0 Å². The predicted molar refractivity (Wildman–Crippen MR) is 130 cm³/mol. The second-order valence-electron chi connectivity index (χ2n) is 8.29. The SMILES string of the molecule is CC(Oc1ccc(C(F)(F)F)cc1)C(=O)N1CCN(c2ccc(S(=O)(=O)Nc3ccncn3)cc2)CC1. The van der Waals surface area contributed by atoms with Crippen LogP contribution in [-0.2, 0) is 21.0 Å². The zero-order valence-corrected chi connectivity index (χ0v) is 20.5. The average Bonchev–Trinajstić information content (AvgIpc) is 2.88. The predicted octanol–water partition coefficient (Wildman–Crippen LogP) is 3.41. The molecule has 1 N–H and O–H groups in total. The maximum Gasteiger partial charge on any atom is 0.416 e. The van der Waals surface area contributed by atoms with Crippen molar-refractivity contribution in [1.29, 1.82) is 0 Å². The van der Waals surface area contributed by atoms with Crippen LogP contribution in [-0.4, -0.2) is 61.5 Å². The number of rotatable bonds is 7. The molecule has 9 nitrogen and oxygen atoms in total. The summed E-state index contributed by atoms with van der Waals surface area (Å²) in [5.74, 6) is 0.0740. The summed E-state index contributed by atoms with van der Waals surface area (Å²) in [5, 5.41) is 0. The molecule has 0 bridgehead atoms. The highest BCUT2D eigenvalue weighted by Gasteiger charge is 2.31. The zero-order valence-electron chi connectivity index (χ0n) is 19.7. The van der Waals surface area contributed by atoms with Crippen LogP contribution in [0.25, 0.3) is 0 Å². The van der Waals surface area contributed by atoms with Crippen LogP contribution in [0.15, 0.2) is 72.0 Å². The molecule has 1 amide bonds. The molecule has 37 heavy (non-hydrogen) atoms. The number of aromatic nitrogens is 2. The Balaban J connectivity index is 1.30. The van der Waals surface area contributed by atoms with Crippen molar-refractivity contribution in [2.45, 2.75) is 24.1 Å². The van der Waals surface area contributed by atoms with E-state index in [1.54, 1.807) is 24.0 Å². The number of anilines is 2. The molecule has 1 aromatic heterocycles. The summed E-state index contributed by atoms with van der Waals surface area (Å²) in [4.78, 5) is 24.1. The van der Waals surface area contributed by atoms with Crippen molar-refractivity contribution in [1.82, 2.24) is 14.9 Å². The Kier molecular flexibility index (Phi) is 7.52. The number of sulfonamides is 1. The maximum absolute atomic E-state index is 12.8. The Morgan fingerprint density at radius 2 is 1.65 bits per heavy atom. The fraction of sp³-hybridized carbons (Fsp3) is 0.292. The van der Waals surface area contributed by atoms with Crippen molar-refractivity contribution in [2.24, 2.45) is 0 Å². The number of halogens is 3. The highest BCUT2D eigenvalue weighted by Crippen LogP contribution is 2.30. The van der Waals surface area contributed by atoms with Gasteiger partial charge in [-0.2, -0.15) is 13.2 Å². The Morgan fingerprint density at radius 3 is 2.22 bits per heavy atom. The second-order valence-corrected chi connectivity index (χ2v) is 9.97. The van der Waals surface area contributed by atoms with Gasteiger partial charge in [-0.1, -0.05) is 0 Å². The number of carbonyl (C=O) groups excluding carboxylic acids is 1. The highest BCUT2D eigenvalue weighted by atomic mass is 32.2. The number of alkyl halides is 3. The summed E-state index contributed by atoms with van der Waals surface area (Å²) >= 11 is 0. The number of hydrogen-bond acceptors (Lipinski definition) is 7. The summed E-state index contributed by atoms with van der Waals surface area (Å²) in [5.41, 5.74) is 0.0183. The van der Waals surface area contributed by atoms with E-state index in [4.69, 9.17) is 4.74 Å². The van der Waals surface area contributed by atoms with Crippen LogP contribution >= 0.6 is 0 Å². The fourth-order valence-electron chi connectivity index (χ4n) is 3.80. The Hall–Kier alpha value is -3.87. The zero-order chi connectivity index (χ0) is 26.6. The van der Waals surface area contributed by atoms with Gasteiger partial charge < -0.3 is 14.5 Å². The van der Waals surface area contributed by atoms with Gasteiger partial charge in [0.2, 0.25) is 0 Å². The quantitative estimate of drug-likeness (QED) is 0.495. The van der Waals surface area contributed by atoms with Gasteiger partial charge in [-0.25, -0.2) is 18.4 Å². The molecule has 1 aliphatic heterocycles. The third-order valence-electron chi connectivity index (χ3n) is 5.77. The van der Waals surface area contributed by atoms with Crippen LogP contribution in [0.4, 0.5) is 24.7 Å². The lowest BCUT2D eigenvalue weighted by molar-refractivity contribution is -0.139. The van der Waals surface area contributed by atoms with Crippen LogP contribution < -0.4 is 14.4 Å². The number of nitrogens with one attached hydrogen (secondary N) is 1. The molecule has 1 unspecified atom stereocenters. The van der Waals surface area contributed by atoms with Gasteiger partial charge in [0.1, 0.15) is 17.9 Å². The molecule has 0 saturated carbocycles. The van der Waals surface area contributed by atoms with Gasteiger partial charge >= 0.3 is 6.18 Å². The van der Waals surface area contributed by atoms with Crippen molar-refractivity contribution in [3.63, 3.8) is 0 Å². The van der Waals surface area contributed by atoms with Gasteiger partial charge in [-0.05, 0) is 61.5 Å². The van der Waals surface area contributed by atoms with Crippen molar-refractivity contribution < 1.29 is 31.1 Å². The van der Waals surface area contributed by atoms with Crippen molar-refractivity contribution >= 4 is 27.4 Å². The van der Waals surface area contributed by atoms with E-state index in [9.17, 15) is 26.4 Å². The van der Waals surface area contributed by atoms with Crippen molar-refractivity contribution in [2.75, 3.05) is 35.8 Å². The fourth-order valence-corrected chi connectivity index (χ4v) is 4.81. The number of piperazine rings is 1. The molecule has 2 heterocycles. The molecule has 1 fully saturated rings. The number of benzene rings is 2. The number of amides is 1. The van der Waals surface area contributed by atoms with Gasteiger partial charge in [-0.3, -0.25) is 9.52 Å². The first-order chi connectivity index (χ1) is 17.5. The van der Waals surface area contributed by atoms with Gasteiger partial charge in [0.15, 0.2) is 6.10 Å². The van der Waals surface area contributed by atoms with Gasteiger partial charge in [0.05, 0.1) is 10.5 Å². The summed E-state index contributed by atoms with van der Waals surface area (Å²) in [6.07, 6.45) is -2.63. The molecule has 2 aromatic carbocycles. The number of hydrogen-bond donors (Lipinski definition) is 1. The van der Waals surface area contributed by atoms with E-state index in [0.29, 0.717) is 26.2 Å². The first kappa shape index (κ1) is 26.2. The Bertz CT molecular complexity index is 1310. The first-order valence-electron chi connectivity index (χ1n) is 11.3. The molecule has 0 spiro atoms. The average molecular weight is 536 g/mol. The third kappa shape index (κ3) is 6.47. The number of nitrogens with zero attached hydrogens (tertiary/aromatic N) is 4. The minimum Gasteiger partial charge on any atom is -0.481 e. The van der Waals surface area contributed by atoms with E-state index in [0.717, 1.165) is 17.8 Å². The number of ether oxygens (including phenoxy) is 1. The van der Waals surface area contributed by atoms with Crippen LogP contribution in [0.5, 0.6) is 5.75 Å². The third-order valence-corrected chi connectivity index (χ3v) is 7.14. The molecule has 3 aromatic rings. The molecule has 1 atom stereocenters. The van der Waals surface area contributed by atoms with Gasteiger partial charge in [-0.15, -0.1) is 0 Å². The second kappa shape index (κ2) is 10.6. The summed E-state index contributed by atoms with van der Waals surface area (Å²) in [7, 11) is -3.81. The molecule has 0 radical (unpaired) electrons. The van der Waals surface area contributed by atoms with Crippen molar-refractivity contribution in [3.05, 3.63) is 72.7 Å². The van der Waals surface area contributed by atoms with Gasteiger partial charge in [0.25, 0.3) is 15.9 Å². The number of carbonyl (C=O) groups is 1. The summed E-state index contributed by atoms with van der Waals surface area (Å²) < 4.78 is 71.2. The largest absolute Gasteiger partial charge is 0.481 e. The first-order valence-corrected chi connectivity index (χ1v) is 12.8. The molecular weight excluding hydrogens is 511 g/mol. The topological polar surface area (TPSA) is 105 Å².